The molecule has 1 aromatic carbocycles. The molecule has 1 aliphatic carbocycles. The van der Waals surface area contributed by atoms with Gasteiger partial charge >= 0.3 is 0 Å². The Labute approximate surface area is 147 Å². The average molecular weight is 336 g/mol. The van der Waals surface area contributed by atoms with E-state index in [9.17, 15) is 0 Å². The van der Waals surface area contributed by atoms with Crippen LogP contribution < -0.4 is 5.32 Å². The second-order valence-corrected chi connectivity index (χ2v) is 6.97. The fraction of sp³-hybridized carbons (Fsp3) is 0.450. The summed E-state index contributed by atoms with van der Waals surface area (Å²) >= 11 is 0. The van der Waals surface area contributed by atoms with Crippen molar-refractivity contribution >= 4 is 16.7 Å². The Balaban J connectivity index is 1.79. The molecule has 5 nitrogen and oxygen atoms in total. The molecule has 0 unspecified atom stereocenters. The number of aromatic nitrogens is 3. The minimum absolute atomic E-state index is 0.482. The van der Waals surface area contributed by atoms with E-state index in [1.54, 1.807) is 0 Å². The lowest BCUT2D eigenvalue weighted by molar-refractivity contribution is 0.378. The molecule has 0 saturated heterocycles. The van der Waals surface area contributed by atoms with Crippen molar-refractivity contribution in [3.8, 4) is 11.4 Å². The maximum Gasteiger partial charge on any atom is 0.226 e. The maximum atomic E-state index is 5.40. The molecule has 2 heterocycles. The van der Waals surface area contributed by atoms with Crippen LogP contribution in [0.2, 0.25) is 0 Å². The van der Waals surface area contributed by atoms with Crippen molar-refractivity contribution in [3.63, 3.8) is 0 Å². The summed E-state index contributed by atoms with van der Waals surface area (Å²) in [6, 6.07) is 8.94. The zero-order valence-corrected chi connectivity index (χ0v) is 14.9. The zero-order valence-electron chi connectivity index (χ0n) is 14.9. The summed E-state index contributed by atoms with van der Waals surface area (Å²) in [5.41, 5.74) is 3.14. The Morgan fingerprint density at radius 3 is 2.80 bits per heavy atom. The molecule has 130 valence electrons. The Morgan fingerprint density at radius 2 is 2.00 bits per heavy atom. The van der Waals surface area contributed by atoms with Gasteiger partial charge in [-0.1, -0.05) is 37.1 Å². The van der Waals surface area contributed by atoms with E-state index in [1.807, 2.05) is 0 Å². The van der Waals surface area contributed by atoms with E-state index in [0.29, 0.717) is 17.8 Å². The summed E-state index contributed by atoms with van der Waals surface area (Å²) in [6.07, 6.45) is 6.74. The van der Waals surface area contributed by atoms with E-state index in [4.69, 9.17) is 9.51 Å². The van der Waals surface area contributed by atoms with Gasteiger partial charge in [0, 0.05) is 17.8 Å². The van der Waals surface area contributed by atoms with Crippen LogP contribution in [0, 0.1) is 6.92 Å². The standard InChI is InChI=1S/C20H24N4O/c1-3-6-18-23-20(24-25-18)16-12-14-10-9-13(2)11-17(14)22-19(16)21-15-7-4-5-8-15/h9-12,15H,3-8H2,1-2H3,(H,21,22). The van der Waals surface area contributed by atoms with Gasteiger partial charge in [-0.05, 0) is 43.9 Å². The quantitative estimate of drug-likeness (QED) is 0.718. The highest BCUT2D eigenvalue weighted by atomic mass is 16.5. The largest absolute Gasteiger partial charge is 0.367 e. The number of benzene rings is 1. The first-order chi connectivity index (χ1) is 12.2. The van der Waals surface area contributed by atoms with Gasteiger partial charge in [0.15, 0.2) is 0 Å². The Bertz CT molecular complexity index is 881. The van der Waals surface area contributed by atoms with Crippen LogP contribution in [-0.4, -0.2) is 21.2 Å². The average Bonchev–Trinajstić information content (AvgIpc) is 3.26. The molecule has 1 fully saturated rings. The normalized spacial score (nSPS) is 15.1. The van der Waals surface area contributed by atoms with Crippen LogP contribution in [0.15, 0.2) is 28.8 Å². The van der Waals surface area contributed by atoms with Gasteiger partial charge in [0.25, 0.3) is 0 Å². The third-order valence-electron chi connectivity index (χ3n) is 4.84. The van der Waals surface area contributed by atoms with Crippen LogP contribution in [0.3, 0.4) is 0 Å². The second-order valence-electron chi connectivity index (χ2n) is 6.97. The first-order valence-electron chi connectivity index (χ1n) is 9.24. The number of fused-ring (bicyclic) bond motifs is 1. The lowest BCUT2D eigenvalue weighted by atomic mass is 10.1. The molecular formula is C20H24N4O. The van der Waals surface area contributed by atoms with Crippen molar-refractivity contribution in [2.45, 2.75) is 58.4 Å². The molecule has 1 saturated carbocycles. The number of nitrogens with one attached hydrogen (secondary N) is 1. The van der Waals surface area contributed by atoms with Crippen LogP contribution in [0.4, 0.5) is 5.82 Å². The molecule has 0 aliphatic heterocycles. The van der Waals surface area contributed by atoms with E-state index >= 15 is 0 Å². The highest BCUT2D eigenvalue weighted by molar-refractivity contribution is 5.88. The predicted molar refractivity (Wildman–Crippen MR) is 99.6 cm³/mol. The molecule has 4 rings (SSSR count). The molecule has 5 heteroatoms. The zero-order chi connectivity index (χ0) is 17.2. The third-order valence-corrected chi connectivity index (χ3v) is 4.84. The van der Waals surface area contributed by atoms with Gasteiger partial charge in [-0.25, -0.2) is 4.98 Å². The molecule has 1 N–H and O–H groups in total. The minimum atomic E-state index is 0.482. The van der Waals surface area contributed by atoms with Crippen molar-refractivity contribution in [2.75, 3.05) is 5.32 Å². The van der Waals surface area contributed by atoms with Gasteiger partial charge in [-0.2, -0.15) is 4.98 Å². The van der Waals surface area contributed by atoms with Crippen molar-refractivity contribution < 1.29 is 4.52 Å². The molecule has 2 aromatic heterocycles. The first kappa shape index (κ1) is 16.1. The smallest absolute Gasteiger partial charge is 0.226 e. The van der Waals surface area contributed by atoms with E-state index in [-0.39, 0.29) is 0 Å². The minimum Gasteiger partial charge on any atom is -0.367 e. The number of anilines is 1. The molecule has 0 spiro atoms. The van der Waals surface area contributed by atoms with Gasteiger partial charge in [0.2, 0.25) is 11.7 Å². The van der Waals surface area contributed by atoms with Crippen LogP contribution >= 0.6 is 0 Å². The SMILES string of the molecule is CCCc1nc(-c2cc3ccc(C)cc3nc2NC2CCCC2)no1. The number of nitrogens with zero attached hydrogens (tertiary/aromatic N) is 3. The van der Waals surface area contributed by atoms with Crippen LogP contribution in [0.25, 0.3) is 22.3 Å². The molecule has 0 bridgehead atoms. The second kappa shape index (κ2) is 6.82. The number of aryl methyl sites for hydroxylation is 2. The van der Waals surface area contributed by atoms with E-state index < -0.39 is 0 Å². The van der Waals surface area contributed by atoms with Gasteiger partial charge in [0.1, 0.15) is 5.82 Å². The van der Waals surface area contributed by atoms with Crippen molar-refractivity contribution in [1.82, 2.24) is 15.1 Å². The molecule has 25 heavy (non-hydrogen) atoms. The first-order valence-corrected chi connectivity index (χ1v) is 9.24. The van der Waals surface area contributed by atoms with Crippen LogP contribution in [-0.2, 0) is 6.42 Å². The molecule has 0 amide bonds. The molecule has 1 aliphatic rings. The Kier molecular flexibility index (Phi) is 4.38. The van der Waals surface area contributed by atoms with E-state index in [2.05, 4.69) is 53.6 Å². The summed E-state index contributed by atoms with van der Waals surface area (Å²) in [4.78, 5) is 9.47. The molecule has 3 aromatic rings. The summed E-state index contributed by atoms with van der Waals surface area (Å²) in [5.74, 6) is 2.18. The molecule has 0 atom stereocenters. The highest BCUT2D eigenvalue weighted by Gasteiger charge is 2.20. The molecular weight excluding hydrogens is 312 g/mol. The highest BCUT2D eigenvalue weighted by Crippen LogP contribution is 2.31. The predicted octanol–water partition coefficient (Wildman–Crippen LogP) is 4.90. The van der Waals surface area contributed by atoms with Crippen molar-refractivity contribution in [1.29, 1.82) is 0 Å². The Hall–Kier alpha value is -2.43. The summed E-state index contributed by atoms with van der Waals surface area (Å²) < 4.78 is 5.40. The number of rotatable bonds is 5. The topological polar surface area (TPSA) is 63.8 Å². The van der Waals surface area contributed by atoms with E-state index in [1.165, 1.54) is 31.2 Å². The summed E-state index contributed by atoms with van der Waals surface area (Å²) in [7, 11) is 0. The number of hydrogen-bond acceptors (Lipinski definition) is 5. The fourth-order valence-corrected chi connectivity index (χ4v) is 3.50. The lowest BCUT2D eigenvalue weighted by Crippen LogP contribution is -2.16. The van der Waals surface area contributed by atoms with Gasteiger partial charge < -0.3 is 9.84 Å². The number of pyridine rings is 1. The van der Waals surface area contributed by atoms with Crippen molar-refractivity contribution in [2.24, 2.45) is 0 Å². The fourth-order valence-electron chi connectivity index (χ4n) is 3.50. The van der Waals surface area contributed by atoms with Gasteiger partial charge in [-0.15, -0.1) is 0 Å². The lowest BCUT2D eigenvalue weighted by Gasteiger charge is -2.16. The summed E-state index contributed by atoms with van der Waals surface area (Å²) in [6.45, 7) is 4.20. The maximum absolute atomic E-state index is 5.40. The Morgan fingerprint density at radius 1 is 1.16 bits per heavy atom. The van der Waals surface area contributed by atoms with E-state index in [0.717, 1.165) is 35.1 Å². The summed E-state index contributed by atoms with van der Waals surface area (Å²) in [5, 5.41) is 8.92. The van der Waals surface area contributed by atoms with Gasteiger partial charge in [-0.3, -0.25) is 0 Å². The van der Waals surface area contributed by atoms with Crippen LogP contribution in [0.1, 0.15) is 50.5 Å². The van der Waals surface area contributed by atoms with Crippen molar-refractivity contribution in [3.05, 3.63) is 35.7 Å². The third kappa shape index (κ3) is 3.36. The van der Waals surface area contributed by atoms with Gasteiger partial charge in [0.05, 0.1) is 11.1 Å². The number of hydrogen-bond donors (Lipinski definition) is 1. The molecule has 0 radical (unpaired) electrons. The monoisotopic (exact) mass is 336 g/mol. The van der Waals surface area contributed by atoms with Crippen LogP contribution in [0.5, 0.6) is 0 Å².